The number of unbranched alkanes of at least 4 members (excludes halogenated alkanes) is 1. The number of aryl methyl sites for hydroxylation is 1. The van der Waals surface area contributed by atoms with Crippen molar-refractivity contribution < 1.29 is 38.4 Å². The van der Waals surface area contributed by atoms with E-state index in [2.05, 4.69) is 11.9 Å². The maximum absolute atomic E-state index is 13.6. The zero-order chi connectivity index (χ0) is 29.7. The van der Waals surface area contributed by atoms with E-state index in [1.165, 1.54) is 19.1 Å². The zero-order valence-corrected chi connectivity index (χ0v) is 24.4. The van der Waals surface area contributed by atoms with Gasteiger partial charge in [0.05, 0.1) is 44.7 Å². The summed E-state index contributed by atoms with van der Waals surface area (Å²) in [5, 5.41) is 11.6. The van der Waals surface area contributed by atoms with E-state index in [-0.39, 0.29) is 21.3 Å². The Morgan fingerprint density at radius 1 is 1.07 bits per heavy atom. The number of rotatable bonds is 11. The average Bonchev–Trinajstić information content (AvgIpc) is 3.49. The van der Waals surface area contributed by atoms with E-state index < -0.39 is 23.7 Å². The molecule has 1 N–H and O–H groups in total. The molecule has 0 spiro atoms. The lowest BCUT2D eigenvalue weighted by Gasteiger charge is -2.24. The van der Waals surface area contributed by atoms with Gasteiger partial charge in [0.25, 0.3) is 5.78 Å². The second-order valence-corrected chi connectivity index (χ2v) is 10.1. The number of aromatic nitrogens is 1. The number of methoxy groups -OCH3 is 2. The van der Waals surface area contributed by atoms with Gasteiger partial charge in [0.2, 0.25) is 0 Å². The van der Waals surface area contributed by atoms with Crippen molar-refractivity contribution in [2.75, 3.05) is 32.3 Å². The Labute approximate surface area is 242 Å². The van der Waals surface area contributed by atoms with Crippen LogP contribution in [0.1, 0.15) is 59.2 Å². The highest BCUT2D eigenvalue weighted by atomic mass is 32.1. The molecule has 4 rings (SSSR count). The third-order valence-corrected chi connectivity index (χ3v) is 7.62. The lowest BCUT2D eigenvalue weighted by Crippen LogP contribution is -2.29. The van der Waals surface area contributed by atoms with Crippen LogP contribution in [0.4, 0.5) is 5.13 Å². The van der Waals surface area contributed by atoms with E-state index in [4.69, 9.17) is 18.9 Å². The van der Waals surface area contributed by atoms with E-state index in [9.17, 15) is 19.5 Å². The lowest BCUT2D eigenvalue weighted by molar-refractivity contribution is -0.132. The second-order valence-electron chi connectivity index (χ2n) is 9.14. The third-order valence-electron chi connectivity index (χ3n) is 6.48. The summed E-state index contributed by atoms with van der Waals surface area (Å²) in [6, 6.07) is 10.6. The number of aliphatic hydroxyl groups excluding tert-OH is 1. The van der Waals surface area contributed by atoms with Gasteiger partial charge >= 0.3 is 11.9 Å². The Bertz CT molecular complexity index is 1500. The predicted octanol–water partition coefficient (Wildman–Crippen LogP) is 5.45. The van der Waals surface area contributed by atoms with Crippen LogP contribution in [0.3, 0.4) is 0 Å². The van der Waals surface area contributed by atoms with Gasteiger partial charge in [-0.3, -0.25) is 14.5 Å². The van der Waals surface area contributed by atoms with Crippen LogP contribution in [0.25, 0.3) is 5.76 Å². The highest BCUT2D eigenvalue weighted by molar-refractivity contribution is 7.17. The molecule has 10 nitrogen and oxygen atoms in total. The van der Waals surface area contributed by atoms with Gasteiger partial charge in [0.15, 0.2) is 16.6 Å². The standard InChI is InChI=1S/C30H32N2O8S/c1-6-8-14-40-20-11-9-10-19(15-20)25(33)23-24(18-12-13-21(39-7-2)22(16-18)37-4)32(28(35)26(23)34)30-31-17(3)27(41-30)29(36)38-5/h9-13,15-16,24,33H,6-8,14H2,1-5H3/b25-23+. The summed E-state index contributed by atoms with van der Waals surface area (Å²) in [5.74, 6) is -1.39. The summed E-state index contributed by atoms with van der Waals surface area (Å²) in [4.78, 5) is 45.3. The topological polar surface area (TPSA) is 124 Å². The molecule has 2 heterocycles. The maximum atomic E-state index is 13.6. The number of hydrogen-bond donors (Lipinski definition) is 1. The first-order valence-corrected chi connectivity index (χ1v) is 14.0. The Morgan fingerprint density at radius 3 is 2.54 bits per heavy atom. The van der Waals surface area contributed by atoms with E-state index in [1.54, 1.807) is 49.4 Å². The number of Topliss-reactive ketones (excluding diaryl/α,β-unsaturated/α-hetero) is 1. The molecule has 0 bridgehead atoms. The van der Waals surface area contributed by atoms with Crippen molar-refractivity contribution in [3.63, 3.8) is 0 Å². The van der Waals surface area contributed by atoms with Gasteiger partial charge in [-0.25, -0.2) is 9.78 Å². The monoisotopic (exact) mass is 580 g/mol. The minimum atomic E-state index is -1.08. The molecule has 2 aromatic carbocycles. The van der Waals surface area contributed by atoms with Crippen LogP contribution in [0.5, 0.6) is 17.2 Å². The van der Waals surface area contributed by atoms with Crippen molar-refractivity contribution in [3.05, 3.63) is 69.7 Å². The van der Waals surface area contributed by atoms with E-state index >= 15 is 0 Å². The number of amides is 1. The van der Waals surface area contributed by atoms with Gasteiger partial charge in [-0.15, -0.1) is 0 Å². The molecule has 1 unspecified atom stereocenters. The van der Waals surface area contributed by atoms with E-state index in [0.717, 1.165) is 24.2 Å². The first-order valence-electron chi connectivity index (χ1n) is 13.2. The Hall–Kier alpha value is -4.38. The molecule has 1 aromatic heterocycles. The quantitative estimate of drug-likeness (QED) is 0.104. The molecule has 0 radical (unpaired) electrons. The van der Waals surface area contributed by atoms with Crippen LogP contribution in [0.15, 0.2) is 48.0 Å². The normalized spacial score (nSPS) is 16.1. The number of ketones is 1. The Kier molecular flexibility index (Phi) is 9.28. The van der Waals surface area contributed by atoms with Crippen molar-refractivity contribution in [1.82, 2.24) is 4.98 Å². The molecule has 41 heavy (non-hydrogen) atoms. The van der Waals surface area contributed by atoms with Crippen LogP contribution in [-0.4, -0.2) is 55.2 Å². The number of nitrogens with zero attached hydrogens (tertiary/aromatic N) is 2. The minimum absolute atomic E-state index is 0.110. The molecule has 11 heteroatoms. The molecular formula is C30H32N2O8S. The minimum Gasteiger partial charge on any atom is -0.507 e. The lowest BCUT2D eigenvalue weighted by atomic mass is 9.95. The van der Waals surface area contributed by atoms with Crippen molar-refractivity contribution in [1.29, 1.82) is 0 Å². The first-order chi connectivity index (χ1) is 19.7. The number of esters is 1. The van der Waals surface area contributed by atoms with Gasteiger partial charge in [0, 0.05) is 5.56 Å². The fourth-order valence-corrected chi connectivity index (χ4v) is 5.48. The Balaban J connectivity index is 1.90. The van der Waals surface area contributed by atoms with Crippen molar-refractivity contribution in [2.45, 2.75) is 39.7 Å². The highest BCUT2D eigenvalue weighted by Crippen LogP contribution is 2.45. The summed E-state index contributed by atoms with van der Waals surface area (Å²) < 4.78 is 21.8. The maximum Gasteiger partial charge on any atom is 0.350 e. The average molecular weight is 581 g/mol. The van der Waals surface area contributed by atoms with Gasteiger partial charge in [0.1, 0.15) is 16.4 Å². The fourth-order valence-electron chi connectivity index (χ4n) is 4.46. The largest absolute Gasteiger partial charge is 0.507 e. The molecule has 1 saturated heterocycles. The summed E-state index contributed by atoms with van der Waals surface area (Å²) in [6.07, 6.45) is 1.82. The molecule has 1 fully saturated rings. The number of hydrogen-bond acceptors (Lipinski definition) is 10. The van der Waals surface area contributed by atoms with E-state index in [1.807, 2.05) is 6.92 Å². The molecule has 1 amide bonds. The van der Waals surface area contributed by atoms with Crippen LogP contribution >= 0.6 is 11.3 Å². The van der Waals surface area contributed by atoms with Gasteiger partial charge in [-0.05, 0) is 50.1 Å². The molecule has 1 aliphatic heterocycles. The van der Waals surface area contributed by atoms with Crippen LogP contribution in [-0.2, 0) is 14.3 Å². The number of benzene rings is 2. The molecular weight excluding hydrogens is 548 g/mol. The number of ether oxygens (including phenoxy) is 4. The van der Waals surface area contributed by atoms with Gasteiger partial charge in [-0.1, -0.05) is 42.9 Å². The molecule has 216 valence electrons. The van der Waals surface area contributed by atoms with E-state index in [0.29, 0.717) is 47.3 Å². The summed E-state index contributed by atoms with van der Waals surface area (Å²) >= 11 is 0.925. The molecule has 1 aliphatic rings. The van der Waals surface area contributed by atoms with Gasteiger partial charge in [-0.2, -0.15) is 0 Å². The molecule has 0 saturated carbocycles. The second kappa shape index (κ2) is 12.9. The molecule has 0 aliphatic carbocycles. The fraction of sp³-hybridized carbons (Fsp3) is 0.333. The summed E-state index contributed by atoms with van der Waals surface area (Å²) in [6.45, 7) is 6.41. The molecule has 3 aromatic rings. The number of anilines is 1. The third kappa shape index (κ3) is 5.90. The summed E-state index contributed by atoms with van der Waals surface area (Å²) in [7, 11) is 2.73. The first kappa shape index (κ1) is 29.6. The zero-order valence-electron chi connectivity index (χ0n) is 23.6. The van der Waals surface area contributed by atoms with Crippen LogP contribution in [0.2, 0.25) is 0 Å². The SMILES string of the molecule is CCCCOc1cccc(/C(O)=C2\C(=O)C(=O)N(c3nc(C)c(C(=O)OC)s3)C2c2ccc(OCC)c(OC)c2)c1. The predicted molar refractivity (Wildman–Crippen MR) is 154 cm³/mol. The van der Waals surface area contributed by atoms with Gasteiger partial charge < -0.3 is 24.1 Å². The van der Waals surface area contributed by atoms with Crippen LogP contribution in [0, 0.1) is 6.92 Å². The highest BCUT2D eigenvalue weighted by Gasteiger charge is 2.48. The smallest absolute Gasteiger partial charge is 0.350 e. The Morgan fingerprint density at radius 2 is 1.85 bits per heavy atom. The van der Waals surface area contributed by atoms with Crippen molar-refractivity contribution in [2.24, 2.45) is 0 Å². The van der Waals surface area contributed by atoms with Crippen molar-refractivity contribution in [3.8, 4) is 17.2 Å². The number of aliphatic hydroxyl groups is 1. The number of carbonyl (C=O) groups is 3. The molecule has 1 atom stereocenters. The summed E-state index contributed by atoms with van der Waals surface area (Å²) in [5.41, 5.74) is 0.984. The van der Waals surface area contributed by atoms with Crippen LogP contribution < -0.4 is 19.1 Å². The van der Waals surface area contributed by atoms with Crippen molar-refractivity contribution >= 4 is 39.9 Å². The number of carbonyl (C=O) groups excluding carboxylic acids is 3. The number of thiazole rings is 1.